The molecule has 0 aromatic rings. The summed E-state index contributed by atoms with van der Waals surface area (Å²) in [5.74, 6) is -1.30. The van der Waals surface area contributed by atoms with Crippen LogP contribution >= 0.6 is 11.8 Å². The number of thioether (sulfide) groups is 1. The van der Waals surface area contributed by atoms with Crippen molar-refractivity contribution in [2.24, 2.45) is 5.92 Å². The maximum absolute atomic E-state index is 11.9. The normalized spacial score (nSPS) is 13.0. The molecule has 1 atom stereocenters. The average Bonchev–Trinajstić information content (AvgIpc) is 2.24. The van der Waals surface area contributed by atoms with Crippen LogP contribution in [0.2, 0.25) is 0 Å². The second-order valence-electron chi connectivity index (χ2n) is 5.07. The van der Waals surface area contributed by atoms with Crippen molar-refractivity contribution in [2.75, 3.05) is 24.4 Å². The molecule has 1 N–H and O–H groups in total. The first-order valence-electron chi connectivity index (χ1n) is 5.87. The zero-order chi connectivity index (χ0) is 16.0. The molecule has 0 spiro atoms. The first-order chi connectivity index (χ1) is 8.97. The largest absolute Gasteiger partial charge is 1.00 e. The third-order valence-corrected chi connectivity index (χ3v) is 4.51. The SMILES string of the molecule is COC(=O)CSCC(C)C(=O)NC(C)(C)CS(=O)(=O)[O-].[Na+]. The number of hydrogen-bond acceptors (Lipinski definition) is 7. The van der Waals surface area contributed by atoms with E-state index in [1.807, 2.05) is 0 Å². The number of ether oxygens (including phenoxy) is 1. The van der Waals surface area contributed by atoms with Gasteiger partial charge in [-0.25, -0.2) is 8.42 Å². The van der Waals surface area contributed by atoms with E-state index in [2.05, 4.69) is 10.1 Å². The van der Waals surface area contributed by atoms with E-state index in [9.17, 15) is 22.6 Å². The number of amides is 1. The molecule has 21 heavy (non-hydrogen) atoms. The summed E-state index contributed by atoms with van der Waals surface area (Å²) >= 11 is 1.25. The van der Waals surface area contributed by atoms with E-state index in [1.54, 1.807) is 6.92 Å². The minimum Gasteiger partial charge on any atom is -0.748 e. The second-order valence-corrected chi connectivity index (χ2v) is 7.50. The van der Waals surface area contributed by atoms with E-state index in [1.165, 1.54) is 32.7 Å². The molecule has 10 heteroatoms. The van der Waals surface area contributed by atoms with Gasteiger partial charge in [0.05, 0.1) is 28.7 Å². The van der Waals surface area contributed by atoms with E-state index in [4.69, 9.17) is 0 Å². The molecule has 0 radical (unpaired) electrons. The molecule has 118 valence electrons. The Morgan fingerprint density at radius 2 is 1.90 bits per heavy atom. The van der Waals surface area contributed by atoms with Crippen molar-refractivity contribution in [3.05, 3.63) is 0 Å². The van der Waals surface area contributed by atoms with Crippen LogP contribution in [0.5, 0.6) is 0 Å². The number of carbonyl (C=O) groups excluding carboxylic acids is 2. The zero-order valence-corrected chi connectivity index (χ0v) is 16.6. The minimum absolute atomic E-state index is 0. The van der Waals surface area contributed by atoms with E-state index >= 15 is 0 Å². The van der Waals surface area contributed by atoms with Crippen molar-refractivity contribution < 1.29 is 56.9 Å². The molecule has 0 aromatic carbocycles. The summed E-state index contributed by atoms with van der Waals surface area (Å²) in [5, 5.41) is 2.52. The Morgan fingerprint density at radius 3 is 2.33 bits per heavy atom. The molecule has 0 rings (SSSR count). The first kappa shape index (κ1) is 23.5. The van der Waals surface area contributed by atoms with Crippen LogP contribution in [0.1, 0.15) is 20.8 Å². The molecule has 0 aromatic heterocycles. The van der Waals surface area contributed by atoms with Crippen molar-refractivity contribution in [1.29, 1.82) is 0 Å². The van der Waals surface area contributed by atoms with Gasteiger partial charge in [0.1, 0.15) is 0 Å². The molecule has 0 saturated heterocycles. The van der Waals surface area contributed by atoms with Gasteiger partial charge in [-0.3, -0.25) is 9.59 Å². The maximum Gasteiger partial charge on any atom is 1.00 e. The van der Waals surface area contributed by atoms with Crippen LogP contribution in [0.3, 0.4) is 0 Å². The minimum atomic E-state index is -4.42. The predicted molar refractivity (Wildman–Crippen MR) is 75.3 cm³/mol. The van der Waals surface area contributed by atoms with Crippen LogP contribution in [-0.4, -0.2) is 54.8 Å². The quantitative estimate of drug-likeness (QED) is 0.282. The number of hydrogen-bond donors (Lipinski definition) is 1. The fourth-order valence-electron chi connectivity index (χ4n) is 1.39. The standard InChI is InChI=1S/C11H21NO6S2.Na/c1-8(5-19-6-9(13)18-4)10(14)12-11(2,3)7-20(15,16)17;/h8H,5-7H2,1-4H3,(H,12,14)(H,15,16,17);/q;+1/p-1. The summed E-state index contributed by atoms with van der Waals surface area (Å²) in [6.07, 6.45) is 0. The van der Waals surface area contributed by atoms with Gasteiger partial charge in [0.25, 0.3) is 0 Å². The van der Waals surface area contributed by atoms with E-state index in [-0.39, 0.29) is 47.2 Å². The molecule has 0 heterocycles. The van der Waals surface area contributed by atoms with Gasteiger partial charge in [0.2, 0.25) is 5.91 Å². The Balaban J connectivity index is 0. The van der Waals surface area contributed by atoms with Crippen LogP contribution in [-0.2, 0) is 24.4 Å². The topological polar surface area (TPSA) is 113 Å². The van der Waals surface area contributed by atoms with Gasteiger partial charge in [-0.05, 0) is 13.8 Å². The van der Waals surface area contributed by atoms with Gasteiger partial charge in [-0.1, -0.05) is 6.92 Å². The molecule has 0 aliphatic rings. The van der Waals surface area contributed by atoms with Gasteiger partial charge in [0, 0.05) is 17.2 Å². The summed E-state index contributed by atoms with van der Waals surface area (Å²) in [6.45, 7) is 4.59. The predicted octanol–water partition coefficient (Wildman–Crippen LogP) is -3.03. The number of carbonyl (C=O) groups is 2. The van der Waals surface area contributed by atoms with Crippen molar-refractivity contribution >= 4 is 33.8 Å². The molecule has 7 nitrogen and oxygen atoms in total. The van der Waals surface area contributed by atoms with Gasteiger partial charge in [0.15, 0.2) is 0 Å². The Bertz CT molecular complexity index is 452. The summed E-state index contributed by atoms with van der Waals surface area (Å²) in [4.78, 5) is 22.8. The van der Waals surface area contributed by atoms with E-state index in [0.717, 1.165) is 0 Å². The number of methoxy groups -OCH3 is 1. The summed E-state index contributed by atoms with van der Waals surface area (Å²) in [6, 6.07) is 0. The zero-order valence-electron chi connectivity index (χ0n) is 13.0. The average molecular weight is 349 g/mol. The second kappa shape index (κ2) is 10.1. The Kier molecular flexibility index (Phi) is 11.2. The number of nitrogens with one attached hydrogen (secondary N) is 1. The molecular formula is C11H20NNaO6S2. The van der Waals surface area contributed by atoms with Crippen LogP contribution in [0.25, 0.3) is 0 Å². The van der Waals surface area contributed by atoms with Crippen molar-refractivity contribution in [2.45, 2.75) is 26.3 Å². The molecule has 0 bridgehead atoms. The molecule has 1 amide bonds. The summed E-state index contributed by atoms with van der Waals surface area (Å²) in [7, 11) is -3.13. The fraction of sp³-hybridized carbons (Fsp3) is 0.818. The van der Waals surface area contributed by atoms with Crippen LogP contribution in [0.15, 0.2) is 0 Å². The third-order valence-electron chi connectivity index (χ3n) is 2.26. The van der Waals surface area contributed by atoms with Crippen molar-refractivity contribution in [1.82, 2.24) is 5.32 Å². The van der Waals surface area contributed by atoms with Gasteiger partial charge < -0.3 is 14.6 Å². The third kappa shape index (κ3) is 12.4. The van der Waals surface area contributed by atoms with Crippen LogP contribution in [0, 0.1) is 5.92 Å². The smallest absolute Gasteiger partial charge is 0.748 e. The van der Waals surface area contributed by atoms with Crippen molar-refractivity contribution in [3.63, 3.8) is 0 Å². The molecule has 0 aliphatic heterocycles. The maximum atomic E-state index is 11.9. The molecular weight excluding hydrogens is 329 g/mol. The summed E-state index contributed by atoms with van der Waals surface area (Å²) in [5.41, 5.74) is -1.13. The number of esters is 1. The molecule has 0 aliphatic carbocycles. The molecule has 0 saturated carbocycles. The fourth-order valence-corrected chi connectivity index (χ4v) is 3.25. The van der Waals surface area contributed by atoms with E-state index in [0.29, 0.717) is 5.75 Å². The van der Waals surface area contributed by atoms with Crippen LogP contribution < -0.4 is 34.9 Å². The van der Waals surface area contributed by atoms with Gasteiger partial charge in [-0.2, -0.15) is 0 Å². The first-order valence-corrected chi connectivity index (χ1v) is 8.60. The monoisotopic (exact) mass is 349 g/mol. The molecule has 1 unspecified atom stereocenters. The number of rotatable bonds is 8. The Labute approximate surface area is 152 Å². The van der Waals surface area contributed by atoms with Crippen LogP contribution in [0.4, 0.5) is 0 Å². The van der Waals surface area contributed by atoms with Crippen molar-refractivity contribution in [3.8, 4) is 0 Å². The van der Waals surface area contributed by atoms with Gasteiger partial charge >= 0.3 is 35.5 Å². The Morgan fingerprint density at radius 1 is 1.38 bits per heavy atom. The Hall–Kier alpha value is 0.200. The molecule has 0 fully saturated rings. The summed E-state index contributed by atoms with van der Waals surface area (Å²) < 4.78 is 36.6. The van der Waals surface area contributed by atoms with Gasteiger partial charge in [-0.15, -0.1) is 11.8 Å². The van der Waals surface area contributed by atoms with E-state index < -0.39 is 27.3 Å².